The average molecular weight is 829 g/mol. The third-order valence-electron chi connectivity index (χ3n) is 9.97. The first kappa shape index (κ1) is 33.8. The Hall–Kier alpha value is -4.72. The maximum absolute atomic E-state index is 4.92. The van der Waals surface area contributed by atoms with E-state index in [1.165, 1.54) is 33.4 Å². The van der Waals surface area contributed by atoms with Crippen LogP contribution in [0.2, 0.25) is 0 Å². The Kier molecular flexibility index (Phi) is 8.48. The van der Waals surface area contributed by atoms with E-state index >= 15 is 0 Å². The van der Waals surface area contributed by atoms with E-state index in [2.05, 4.69) is 157 Å². The van der Waals surface area contributed by atoms with E-state index in [1.54, 1.807) is 0 Å². The molecule has 248 valence electrons. The molecule has 0 saturated heterocycles. The molecule has 4 aromatic carbocycles. The summed E-state index contributed by atoms with van der Waals surface area (Å²) in [7, 11) is 0. The Labute approximate surface area is 310 Å². The number of hydrogen-bond acceptors (Lipinski definition) is 3. The molecule has 0 spiro atoms. The monoisotopic (exact) mass is 828 g/mol. The van der Waals surface area contributed by atoms with Crippen LogP contribution in [0.4, 0.5) is 0 Å². The average Bonchev–Trinajstić information content (AvgIpc) is 3.42. The number of aromatic nitrogens is 3. The minimum atomic E-state index is -0.703. The Morgan fingerprint density at radius 1 is 0.520 bits per heavy atom. The van der Waals surface area contributed by atoms with Gasteiger partial charge in [-0.2, -0.15) is 0 Å². The minimum Gasteiger partial charge on any atom is -0.305 e. The summed E-state index contributed by atoms with van der Waals surface area (Å²) in [6.07, 6.45) is 5.69. The standard InChI is InChI=1S/C46H39N3.Pt/c1-44(2,3)32-20-23-47-41(28-32)30-13-11-15-34(25-30)46(39-18-9-7-16-36(39)37-17-8-10-19-40(37)46)35-26-31-14-12-22-49-43(31)38(27-35)42-29-33(21-24-48-42)45(4,5)6;/h7-24,26,28-29H,1-6H3;/q-2;+2. The Morgan fingerprint density at radius 3 is 1.76 bits per heavy atom. The number of benzene rings is 4. The summed E-state index contributed by atoms with van der Waals surface area (Å²) in [5, 5.41) is 1.05. The fourth-order valence-corrected chi connectivity index (χ4v) is 7.39. The largest absolute Gasteiger partial charge is 2.00 e. The molecule has 0 amide bonds. The van der Waals surface area contributed by atoms with Crippen molar-refractivity contribution in [2.45, 2.75) is 57.8 Å². The van der Waals surface area contributed by atoms with Crippen LogP contribution in [0.25, 0.3) is 44.5 Å². The molecule has 0 fully saturated rings. The van der Waals surface area contributed by atoms with Gasteiger partial charge in [-0.25, -0.2) is 0 Å². The first-order valence-corrected chi connectivity index (χ1v) is 17.0. The van der Waals surface area contributed by atoms with Gasteiger partial charge >= 0.3 is 21.1 Å². The second-order valence-electron chi connectivity index (χ2n) is 15.2. The van der Waals surface area contributed by atoms with Crippen LogP contribution in [0.5, 0.6) is 0 Å². The van der Waals surface area contributed by atoms with E-state index < -0.39 is 5.41 Å². The number of fused-ring (bicyclic) bond motifs is 4. The predicted molar refractivity (Wildman–Crippen MR) is 201 cm³/mol. The molecule has 4 heteroatoms. The summed E-state index contributed by atoms with van der Waals surface area (Å²) in [5.74, 6) is 0. The Balaban J connectivity index is 0.00000392. The third kappa shape index (κ3) is 5.53. The van der Waals surface area contributed by atoms with Crippen molar-refractivity contribution in [3.63, 3.8) is 0 Å². The molecule has 0 aliphatic heterocycles. The van der Waals surface area contributed by atoms with Gasteiger partial charge in [0.05, 0.1) is 0 Å². The molecular formula is C46H39N3Pt. The Bertz CT molecular complexity index is 2330. The van der Waals surface area contributed by atoms with E-state index in [0.717, 1.165) is 44.5 Å². The summed E-state index contributed by atoms with van der Waals surface area (Å²) >= 11 is 0. The van der Waals surface area contributed by atoms with Crippen molar-refractivity contribution in [1.82, 2.24) is 15.0 Å². The van der Waals surface area contributed by atoms with E-state index in [-0.39, 0.29) is 31.9 Å². The van der Waals surface area contributed by atoms with Gasteiger partial charge in [-0.1, -0.05) is 119 Å². The van der Waals surface area contributed by atoms with Crippen molar-refractivity contribution < 1.29 is 21.1 Å². The SMILES string of the molecule is CC(C)(C)c1ccnc(-c2[c-]c(C3(c4[c-]c(-c5cc(C(C)(C)C)ccn5)c5ncccc5c4)c4ccccc4-c4ccccc43)ccc2)c1.[Pt+2]. The number of rotatable bonds is 4. The van der Waals surface area contributed by atoms with Gasteiger partial charge in [0, 0.05) is 24.0 Å². The zero-order valence-corrected chi connectivity index (χ0v) is 31.6. The molecule has 0 atom stereocenters. The molecule has 8 rings (SSSR count). The van der Waals surface area contributed by atoms with Crippen LogP contribution in [0.1, 0.15) is 74.9 Å². The number of hydrogen-bond donors (Lipinski definition) is 0. The summed E-state index contributed by atoms with van der Waals surface area (Å²) in [6.45, 7) is 13.4. The fourth-order valence-electron chi connectivity index (χ4n) is 7.39. The van der Waals surface area contributed by atoms with Crippen molar-refractivity contribution in [2.75, 3.05) is 0 Å². The van der Waals surface area contributed by atoms with E-state index in [1.807, 2.05) is 24.7 Å². The normalized spacial score (nSPS) is 13.4. The third-order valence-corrected chi connectivity index (χ3v) is 9.97. The first-order chi connectivity index (χ1) is 23.5. The van der Waals surface area contributed by atoms with Crippen LogP contribution < -0.4 is 0 Å². The van der Waals surface area contributed by atoms with Gasteiger partial charge in [-0.15, -0.1) is 53.1 Å². The van der Waals surface area contributed by atoms with Crippen LogP contribution in [0.3, 0.4) is 0 Å². The summed E-state index contributed by atoms with van der Waals surface area (Å²) in [4.78, 5) is 14.7. The van der Waals surface area contributed by atoms with Crippen molar-refractivity contribution in [3.8, 4) is 33.6 Å². The van der Waals surface area contributed by atoms with Gasteiger partial charge in [-0.05, 0) is 79.3 Å². The second-order valence-corrected chi connectivity index (χ2v) is 15.2. The summed E-state index contributed by atoms with van der Waals surface area (Å²) < 4.78 is 0. The molecule has 0 N–H and O–H groups in total. The minimum absolute atomic E-state index is 0. The van der Waals surface area contributed by atoms with Gasteiger partial charge < -0.3 is 15.0 Å². The molecule has 3 nitrogen and oxygen atoms in total. The summed E-state index contributed by atoms with van der Waals surface area (Å²) in [5.41, 5.74) is 13.2. The zero-order chi connectivity index (χ0) is 34.0. The van der Waals surface area contributed by atoms with Crippen molar-refractivity contribution in [1.29, 1.82) is 0 Å². The molecule has 3 aromatic heterocycles. The fraction of sp³-hybridized carbons (Fsp3) is 0.196. The quantitative estimate of drug-likeness (QED) is 0.166. The van der Waals surface area contributed by atoms with Crippen LogP contribution in [0.15, 0.2) is 128 Å². The van der Waals surface area contributed by atoms with E-state index in [9.17, 15) is 0 Å². The van der Waals surface area contributed by atoms with Crippen LogP contribution >= 0.6 is 0 Å². The molecule has 0 bridgehead atoms. The maximum atomic E-state index is 4.92. The predicted octanol–water partition coefficient (Wildman–Crippen LogP) is 10.9. The number of pyridine rings is 3. The van der Waals surface area contributed by atoms with E-state index in [0.29, 0.717) is 0 Å². The van der Waals surface area contributed by atoms with Crippen molar-refractivity contribution in [3.05, 3.63) is 173 Å². The van der Waals surface area contributed by atoms with Gasteiger partial charge in [0.15, 0.2) is 0 Å². The Morgan fingerprint density at radius 2 is 1.12 bits per heavy atom. The van der Waals surface area contributed by atoms with Crippen molar-refractivity contribution >= 4 is 10.9 Å². The molecule has 50 heavy (non-hydrogen) atoms. The van der Waals surface area contributed by atoms with Crippen LogP contribution in [-0.2, 0) is 37.3 Å². The molecule has 1 aliphatic carbocycles. The number of nitrogens with zero attached hydrogens (tertiary/aromatic N) is 3. The molecule has 0 saturated carbocycles. The van der Waals surface area contributed by atoms with Crippen LogP contribution in [0, 0.1) is 12.1 Å². The van der Waals surface area contributed by atoms with Gasteiger partial charge in [-0.3, -0.25) is 0 Å². The molecular weight excluding hydrogens is 790 g/mol. The zero-order valence-electron chi connectivity index (χ0n) is 29.3. The van der Waals surface area contributed by atoms with Gasteiger partial charge in [0.2, 0.25) is 0 Å². The topological polar surface area (TPSA) is 38.7 Å². The summed E-state index contributed by atoms with van der Waals surface area (Å²) in [6, 6.07) is 47.1. The molecule has 0 unspecified atom stereocenters. The molecule has 3 heterocycles. The molecule has 7 aromatic rings. The van der Waals surface area contributed by atoms with Crippen LogP contribution in [-0.4, -0.2) is 15.0 Å². The van der Waals surface area contributed by atoms with Crippen molar-refractivity contribution in [2.24, 2.45) is 0 Å². The first-order valence-electron chi connectivity index (χ1n) is 17.0. The van der Waals surface area contributed by atoms with Gasteiger partial charge in [0.25, 0.3) is 0 Å². The molecule has 1 aliphatic rings. The van der Waals surface area contributed by atoms with E-state index in [4.69, 9.17) is 15.0 Å². The molecule has 0 radical (unpaired) electrons. The maximum Gasteiger partial charge on any atom is 2.00 e. The smallest absolute Gasteiger partial charge is 0.305 e. The van der Waals surface area contributed by atoms with Gasteiger partial charge in [0.1, 0.15) is 0 Å². The second kappa shape index (κ2) is 12.6.